The summed E-state index contributed by atoms with van der Waals surface area (Å²) < 4.78 is 20.4. The van der Waals surface area contributed by atoms with E-state index in [-0.39, 0.29) is 21.5 Å². The van der Waals surface area contributed by atoms with E-state index in [1.165, 1.54) is 7.11 Å². The largest absolute Gasteiger partial charge is 0.469 e. The summed E-state index contributed by atoms with van der Waals surface area (Å²) in [5.41, 5.74) is -0.223. The van der Waals surface area contributed by atoms with Crippen molar-refractivity contribution in [1.82, 2.24) is 0 Å². The molecule has 0 amide bonds. The van der Waals surface area contributed by atoms with Gasteiger partial charge in [0.25, 0.3) is 0 Å². The molecular formula is C12H19NO3S. The van der Waals surface area contributed by atoms with E-state index in [0.29, 0.717) is 0 Å². The fourth-order valence-corrected chi connectivity index (χ4v) is 3.39. The van der Waals surface area contributed by atoms with Crippen LogP contribution < -0.4 is 0 Å². The number of esters is 1. The lowest BCUT2D eigenvalue weighted by Crippen LogP contribution is -2.66. The Morgan fingerprint density at radius 3 is 2.29 bits per heavy atom. The van der Waals surface area contributed by atoms with E-state index in [4.69, 9.17) is 4.74 Å². The summed E-state index contributed by atoms with van der Waals surface area (Å²) in [5, 5.41) is 0. The van der Waals surface area contributed by atoms with Crippen LogP contribution in [0.25, 0.3) is 0 Å². The molecule has 0 spiro atoms. The molecule has 0 radical (unpaired) electrons. The van der Waals surface area contributed by atoms with Crippen LogP contribution in [0, 0.1) is 10.8 Å². The van der Waals surface area contributed by atoms with Gasteiger partial charge in [0, 0.05) is 11.6 Å². The molecule has 96 valence electrons. The third kappa shape index (κ3) is 1.94. The maximum atomic E-state index is 11.8. The molecule has 3 fully saturated rings. The average Bonchev–Trinajstić information content (AvgIpc) is 2.11. The quantitative estimate of drug-likeness (QED) is 0.573. The number of hydrogen-bond acceptors (Lipinski definition) is 3. The van der Waals surface area contributed by atoms with Crippen LogP contribution in [0.5, 0.6) is 0 Å². The highest BCUT2D eigenvalue weighted by Gasteiger charge is 2.71. The Bertz CT molecular complexity index is 389. The van der Waals surface area contributed by atoms with Gasteiger partial charge in [-0.2, -0.15) is 4.40 Å². The number of rotatable bonds is 3. The number of carbonyl (C=O) groups excluding carboxylic acids is 1. The van der Waals surface area contributed by atoms with Crippen LogP contribution in [0.3, 0.4) is 0 Å². The number of hydrogen-bond donors (Lipinski definition) is 0. The first-order valence-corrected chi connectivity index (χ1v) is 6.89. The van der Waals surface area contributed by atoms with Gasteiger partial charge >= 0.3 is 5.97 Å². The molecule has 0 aromatic heterocycles. The molecule has 1 atom stereocenters. The molecule has 0 aromatic carbocycles. The van der Waals surface area contributed by atoms with Crippen molar-refractivity contribution in [2.45, 2.75) is 44.8 Å². The zero-order valence-corrected chi connectivity index (χ0v) is 11.6. The van der Waals surface area contributed by atoms with Gasteiger partial charge in [0.05, 0.1) is 17.3 Å². The van der Waals surface area contributed by atoms with Gasteiger partial charge in [-0.05, 0) is 40.0 Å². The Hall–Kier alpha value is -0.710. The van der Waals surface area contributed by atoms with Crippen molar-refractivity contribution in [2.24, 2.45) is 15.2 Å². The third-order valence-electron chi connectivity index (χ3n) is 3.64. The summed E-state index contributed by atoms with van der Waals surface area (Å²) >= 11 is 0. The molecule has 0 heterocycles. The van der Waals surface area contributed by atoms with Gasteiger partial charge in [-0.1, -0.05) is 0 Å². The van der Waals surface area contributed by atoms with E-state index in [1.807, 2.05) is 20.8 Å². The number of nitrogens with zero attached hydrogens (tertiary/aromatic N) is 1. The first-order valence-electron chi connectivity index (χ1n) is 5.79. The highest BCUT2D eigenvalue weighted by atomic mass is 32.2. The van der Waals surface area contributed by atoms with Gasteiger partial charge in [0.15, 0.2) is 0 Å². The molecule has 0 saturated heterocycles. The standard InChI is InChI=1S/C12H19NO3S/c1-10(2,3)17(15)13-8-11-5-12(6-11,7-11)9(14)16-4/h8H,5-7H2,1-4H3/b13-8+/t11?,12?,17-/m1/s1. The van der Waals surface area contributed by atoms with Gasteiger partial charge in [0.2, 0.25) is 0 Å². The topological polar surface area (TPSA) is 55.7 Å². The fraction of sp³-hybridized carbons (Fsp3) is 0.833. The van der Waals surface area contributed by atoms with Crippen molar-refractivity contribution in [3.05, 3.63) is 0 Å². The summed E-state index contributed by atoms with van der Waals surface area (Å²) in [5.74, 6) is -0.107. The molecule has 3 aliphatic carbocycles. The summed E-state index contributed by atoms with van der Waals surface area (Å²) in [4.78, 5) is 11.5. The molecule has 4 nitrogen and oxygen atoms in total. The van der Waals surface area contributed by atoms with Crippen LogP contribution in [-0.4, -0.2) is 28.2 Å². The van der Waals surface area contributed by atoms with Gasteiger partial charge in [0.1, 0.15) is 11.0 Å². The highest BCUT2D eigenvalue weighted by Crippen LogP contribution is 2.72. The summed E-state index contributed by atoms with van der Waals surface area (Å²) in [7, 11) is 0.229. The Morgan fingerprint density at radius 1 is 1.35 bits per heavy atom. The normalized spacial score (nSPS) is 37.2. The van der Waals surface area contributed by atoms with Crippen molar-refractivity contribution < 1.29 is 13.7 Å². The minimum absolute atomic E-state index is 0.0229. The van der Waals surface area contributed by atoms with Crippen LogP contribution in [0.15, 0.2) is 4.40 Å². The van der Waals surface area contributed by atoms with Crippen molar-refractivity contribution in [2.75, 3.05) is 7.11 Å². The van der Waals surface area contributed by atoms with E-state index < -0.39 is 11.0 Å². The van der Waals surface area contributed by atoms with Gasteiger partial charge in [-0.25, -0.2) is 4.21 Å². The van der Waals surface area contributed by atoms with Crippen molar-refractivity contribution in [3.63, 3.8) is 0 Å². The molecular weight excluding hydrogens is 238 g/mol. The summed E-state index contributed by atoms with van der Waals surface area (Å²) in [6.45, 7) is 5.70. The molecule has 5 heteroatoms. The Labute approximate surface area is 104 Å². The molecule has 3 aliphatic rings. The summed E-state index contributed by atoms with van der Waals surface area (Å²) in [6, 6.07) is 0. The average molecular weight is 257 g/mol. The lowest BCUT2D eigenvalue weighted by molar-refractivity contribution is -0.201. The first kappa shape index (κ1) is 12.7. The molecule has 0 aromatic rings. The first-order chi connectivity index (χ1) is 7.73. The molecule has 0 N–H and O–H groups in total. The molecule has 17 heavy (non-hydrogen) atoms. The van der Waals surface area contributed by atoms with E-state index in [1.54, 1.807) is 6.21 Å². The van der Waals surface area contributed by atoms with Gasteiger partial charge in [-0.3, -0.25) is 4.79 Å². The highest BCUT2D eigenvalue weighted by molar-refractivity contribution is 7.85. The molecule has 0 unspecified atom stereocenters. The monoisotopic (exact) mass is 257 g/mol. The third-order valence-corrected chi connectivity index (χ3v) is 4.98. The van der Waals surface area contributed by atoms with E-state index in [9.17, 15) is 9.00 Å². The van der Waals surface area contributed by atoms with Crippen LogP contribution in [0.1, 0.15) is 40.0 Å². The zero-order chi connectivity index (χ0) is 12.9. The van der Waals surface area contributed by atoms with Gasteiger partial charge in [-0.15, -0.1) is 0 Å². The van der Waals surface area contributed by atoms with E-state index >= 15 is 0 Å². The van der Waals surface area contributed by atoms with Crippen LogP contribution in [0.2, 0.25) is 0 Å². The second-order valence-electron chi connectivity index (χ2n) is 6.26. The van der Waals surface area contributed by atoms with E-state index in [0.717, 1.165) is 19.3 Å². The minimum Gasteiger partial charge on any atom is -0.469 e. The Morgan fingerprint density at radius 2 is 1.88 bits per heavy atom. The van der Waals surface area contributed by atoms with Gasteiger partial charge < -0.3 is 4.74 Å². The lowest BCUT2D eigenvalue weighted by Gasteiger charge is -2.66. The maximum Gasteiger partial charge on any atom is 0.311 e. The number of carbonyl (C=O) groups is 1. The van der Waals surface area contributed by atoms with Crippen molar-refractivity contribution in [1.29, 1.82) is 0 Å². The zero-order valence-electron chi connectivity index (χ0n) is 10.8. The SMILES string of the molecule is COC(=O)C12CC(/C=N/[S@](=O)C(C)(C)C)(C1)C2. The van der Waals surface area contributed by atoms with Crippen LogP contribution >= 0.6 is 0 Å². The van der Waals surface area contributed by atoms with Crippen LogP contribution in [-0.2, 0) is 20.5 Å². The molecule has 2 bridgehead atoms. The molecule has 0 aliphatic heterocycles. The number of ether oxygens (including phenoxy) is 1. The number of methoxy groups -OCH3 is 1. The fourth-order valence-electron chi connectivity index (χ4n) is 2.75. The molecule has 3 saturated carbocycles. The van der Waals surface area contributed by atoms with E-state index in [2.05, 4.69) is 4.40 Å². The predicted molar refractivity (Wildman–Crippen MR) is 67.1 cm³/mol. The predicted octanol–water partition coefficient (Wildman–Crippen LogP) is 1.86. The summed E-state index contributed by atoms with van der Waals surface area (Å²) in [6.07, 6.45) is 4.21. The van der Waals surface area contributed by atoms with Crippen LogP contribution in [0.4, 0.5) is 0 Å². The van der Waals surface area contributed by atoms with Crippen molar-refractivity contribution >= 4 is 23.2 Å². The maximum absolute atomic E-state index is 11.8. The Kier molecular flexibility index (Phi) is 2.73. The second-order valence-corrected chi connectivity index (χ2v) is 8.19. The molecule has 3 rings (SSSR count). The smallest absolute Gasteiger partial charge is 0.311 e. The van der Waals surface area contributed by atoms with Crippen molar-refractivity contribution in [3.8, 4) is 0 Å². The Balaban J connectivity index is 1.92. The minimum atomic E-state index is -1.20. The second kappa shape index (κ2) is 3.64. The lowest BCUT2D eigenvalue weighted by atomic mass is 9.35.